The molecule has 28 heavy (non-hydrogen) atoms. The van der Waals surface area contributed by atoms with Gasteiger partial charge in [-0.2, -0.15) is 0 Å². The van der Waals surface area contributed by atoms with E-state index in [1.165, 1.54) is 11.3 Å². The number of rotatable bonds is 6. The van der Waals surface area contributed by atoms with Crippen molar-refractivity contribution < 1.29 is 23.5 Å². The van der Waals surface area contributed by atoms with Gasteiger partial charge in [-0.25, -0.2) is 4.79 Å². The summed E-state index contributed by atoms with van der Waals surface area (Å²) in [5.41, 5.74) is 0.908. The van der Waals surface area contributed by atoms with E-state index >= 15 is 0 Å². The zero-order valence-corrected chi connectivity index (χ0v) is 17.9. The van der Waals surface area contributed by atoms with Crippen LogP contribution in [0.1, 0.15) is 28.1 Å². The monoisotopic (exact) mass is 464 g/mol. The molecule has 3 aliphatic heterocycles. The number of carbonyl (C=O) groups excluding carboxylic acids is 2. The number of fused-ring (bicyclic) bond motifs is 3. The van der Waals surface area contributed by atoms with Gasteiger partial charge in [-0.05, 0) is 29.1 Å². The first-order valence-electron chi connectivity index (χ1n) is 9.53. The summed E-state index contributed by atoms with van der Waals surface area (Å²) in [5.74, 6) is 0.557. The van der Waals surface area contributed by atoms with Crippen molar-refractivity contribution in [1.29, 1.82) is 0 Å². The van der Waals surface area contributed by atoms with E-state index in [0.717, 1.165) is 45.3 Å². The summed E-state index contributed by atoms with van der Waals surface area (Å²) >= 11 is 4.90. The molecule has 0 N–H and O–H groups in total. The molecule has 7 heteroatoms. The number of hydrogen-bond donors (Lipinski definition) is 0. The molecule has 0 unspecified atom stereocenters. The van der Waals surface area contributed by atoms with Gasteiger partial charge in [0.05, 0.1) is 18.0 Å². The number of benzene rings is 1. The number of Topliss-reactive ketones (excluding diaryl/α,β-unsaturated/α-hetero) is 1. The molecule has 5 nitrogen and oxygen atoms in total. The Hall–Kier alpha value is -1.70. The Morgan fingerprint density at radius 1 is 1.18 bits per heavy atom. The maximum atomic E-state index is 12.6. The maximum Gasteiger partial charge on any atom is 0.509 e. The number of hydrogen-bond acceptors (Lipinski definition) is 5. The van der Waals surface area contributed by atoms with Crippen LogP contribution in [0.15, 0.2) is 46.3 Å². The van der Waals surface area contributed by atoms with Crippen LogP contribution >= 0.6 is 27.3 Å². The van der Waals surface area contributed by atoms with Gasteiger partial charge in [-0.1, -0.05) is 34.1 Å². The Balaban J connectivity index is 1.33. The average Bonchev–Trinajstić information content (AvgIpc) is 3.22. The van der Waals surface area contributed by atoms with Gasteiger partial charge in [0, 0.05) is 23.2 Å². The highest BCUT2D eigenvalue weighted by molar-refractivity contribution is 9.10. The number of halogens is 1. The first-order chi connectivity index (χ1) is 13.5. The molecule has 1 atom stereocenters. The van der Waals surface area contributed by atoms with E-state index < -0.39 is 6.16 Å². The van der Waals surface area contributed by atoms with E-state index in [1.54, 1.807) is 0 Å². The first-order valence-corrected chi connectivity index (χ1v) is 11.2. The molecule has 2 aromatic rings. The fourth-order valence-corrected chi connectivity index (χ4v) is 5.43. The third kappa shape index (κ3) is 4.47. The van der Waals surface area contributed by atoms with Crippen molar-refractivity contribution >= 4 is 39.2 Å². The van der Waals surface area contributed by atoms with Crippen molar-refractivity contribution in [3.63, 3.8) is 0 Å². The standard InChI is InChI=1S/C21H23BrNO4S/c22-17-4-1-3-15(11-17)14-26-21(25)27-19-13-23(8-6-16(19)7-9-23)12-18(24)20-5-2-10-28-20/h1-5,10-11,16,19H,6-9,12-14H2/q+1/t16?,19-,23?/m0/s1. The molecule has 3 fully saturated rings. The van der Waals surface area contributed by atoms with Gasteiger partial charge in [0.15, 0.2) is 6.10 Å². The summed E-state index contributed by atoms with van der Waals surface area (Å²) in [4.78, 5) is 25.7. The van der Waals surface area contributed by atoms with Gasteiger partial charge in [0.25, 0.3) is 0 Å². The lowest BCUT2D eigenvalue weighted by Crippen LogP contribution is -2.65. The second-order valence-electron chi connectivity index (χ2n) is 7.69. The molecule has 2 bridgehead atoms. The zero-order chi connectivity index (χ0) is 19.6. The summed E-state index contributed by atoms with van der Waals surface area (Å²) in [7, 11) is 0. The largest absolute Gasteiger partial charge is 0.509 e. The van der Waals surface area contributed by atoms with E-state index in [1.807, 2.05) is 41.8 Å². The van der Waals surface area contributed by atoms with Gasteiger partial charge in [-0.15, -0.1) is 11.3 Å². The zero-order valence-electron chi connectivity index (χ0n) is 15.5. The SMILES string of the molecule is O=C(OCc1cccc(Br)c1)O[C@H]1C[N+]2(CC(=O)c3cccs3)CCC1CC2. The van der Waals surface area contributed by atoms with Crippen molar-refractivity contribution in [1.82, 2.24) is 0 Å². The van der Waals surface area contributed by atoms with E-state index in [9.17, 15) is 9.59 Å². The van der Waals surface area contributed by atoms with Crippen LogP contribution in [-0.4, -0.2) is 48.7 Å². The van der Waals surface area contributed by atoms with Crippen molar-refractivity contribution in [3.05, 3.63) is 56.7 Å². The topological polar surface area (TPSA) is 52.6 Å². The summed E-state index contributed by atoms with van der Waals surface area (Å²) in [6.07, 6.45) is 1.18. The highest BCUT2D eigenvalue weighted by Crippen LogP contribution is 2.36. The van der Waals surface area contributed by atoms with Crippen molar-refractivity contribution in [2.75, 3.05) is 26.2 Å². The Labute approximate surface area is 177 Å². The maximum absolute atomic E-state index is 12.6. The van der Waals surface area contributed by atoms with Crippen molar-refractivity contribution in [2.24, 2.45) is 5.92 Å². The molecule has 148 valence electrons. The Bertz CT molecular complexity index is 846. The highest BCUT2D eigenvalue weighted by atomic mass is 79.9. The number of ketones is 1. The minimum atomic E-state index is -0.624. The van der Waals surface area contributed by atoms with E-state index in [-0.39, 0.29) is 18.5 Å². The second-order valence-corrected chi connectivity index (χ2v) is 9.56. The van der Waals surface area contributed by atoms with E-state index in [2.05, 4.69) is 15.9 Å². The third-order valence-corrected chi connectivity index (χ3v) is 7.21. The van der Waals surface area contributed by atoms with Crippen LogP contribution in [0, 0.1) is 5.92 Å². The molecule has 4 heterocycles. The average molecular weight is 465 g/mol. The minimum absolute atomic E-state index is 0.173. The highest BCUT2D eigenvalue weighted by Gasteiger charge is 2.48. The van der Waals surface area contributed by atoms with Gasteiger partial charge in [-0.3, -0.25) is 4.79 Å². The quantitative estimate of drug-likeness (QED) is 0.354. The van der Waals surface area contributed by atoms with Crippen molar-refractivity contribution in [2.45, 2.75) is 25.6 Å². The van der Waals surface area contributed by atoms with Crippen LogP contribution in [-0.2, 0) is 16.1 Å². The Morgan fingerprint density at radius 2 is 2.00 bits per heavy atom. The molecular weight excluding hydrogens is 442 g/mol. The minimum Gasteiger partial charge on any atom is -0.429 e. The van der Waals surface area contributed by atoms with Crippen LogP contribution in [0.4, 0.5) is 4.79 Å². The fraction of sp³-hybridized carbons (Fsp3) is 0.429. The molecule has 5 rings (SSSR count). The molecule has 1 aromatic heterocycles. The number of carbonyl (C=O) groups is 2. The Morgan fingerprint density at radius 3 is 2.71 bits per heavy atom. The normalized spacial score (nSPS) is 26.0. The fourth-order valence-electron chi connectivity index (χ4n) is 4.32. The van der Waals surface area contributed by atoms with Gasteiger partial charge in [0.1, 0.15) is 19.7 Å². The number of ether oxygens (including phenoxy) is 2. The van der Waals surface area contributed by atoms with Crippen molar-refractivity contribution in [3.8, 4) is 0 Å². The lowest BCUT2D eigenvalue weighted by atomic mass is 9.83. The second kappa shape index (κ2) is 8.35. The molecule has 1 aromatic carbocycles. The van der Waals surface area contributed by atoms with Gasteiger partial charge < -0.3 is 14.0 Å². The molecule has 0 radical (unpaired) electrons. The van der Waals surface area contributed by atoms with Crippen LogP contribution in [0.25, 0.3) is 0 Å². The van der Waals surface area contributed by atoms with Crippen LogP contribution in [0.3, 0.4) is 0 Å². The molecule has 0 saturated carbocycles. The Kier molecular flexibility index (Phi) is 5.85. The molecule has 0 spiro atoms. The molecule has 0 aliphatic carbocycles. The van der Waals surface area contributed by atoms with Crippen LogP contribution < -0.4 is 0 Å². The molecular formula is C21H23BrNO4S+. The summed E-state index contributed by atoms with van der Waals surface area (Å²) in [5, 5.41) is 1.93. The summed E-state index contributed by atoms with van der Waals surface area (Å²) in [6.45, 7) is 3.34. The number of piperidine rings is 3. The smallest absolute Gasteiger partial charge is 0.429 e. The van der Waals surface area contributed by atoms with Crippen LogP contribution in [0.5, 0.6) is 0 Å². The van der Waals surface area contributed by atoms with E-state index in [4.69, 9.17) is 9.47 Å². The molecule has 0 amide bonds. The molecule has 3 saturated heterocycles. The lowest BCUT2D eigenvalue weighted by Gasteiger charge is -2.51. The van der Waals surface area contributed by atoms with E-state index in [0.29, 0.717) is 19.0 Å². The number of thiophene rings is 1. The first kappa shape index (κ1) is 19.6. The third-order valence-electron chi connectivity index (χ3n) is 5.81. The summed E-state index contributed by atoms with van der Waals surface area (Å²) < 4.78 is 12.7. The number of nitrogens with zero attached hydrogens (tertiary/aromatic N) is 1. The van der Waals surface area contributed by atoms with Gasteiger partial charge >= 0.3 is 6.16 Å². The van der Waals surface area contributed by atoms with Crippen LogP contribution in [0.2, 0.25) is 0 Å². The molecule has 3 aliphatic rings. The lowest BCUT2D eigenvalue weighted by molar-refractivity contribution is -0.938. The van der Waals surface area contributed by atoms with Gasteiger partial charge in [0.2, 0.25) is 5.78 Å². The predicted octanol–water partition coefficient (Wildman–Crippen LogP) is 4.66. The number of quaternary nitrogens is 1. The predicted molar refractivity (Wildman–Crippen MR) is 110 cm³/mol. The summed E-state index contributed by atoms with van der Waals surface area (Å²) in [6, 6.07) is 11.4.